The predicted molar refractivity (Wildman–Crippen MR) is 91.1 cm³/mol. The van der Waals surface area contributed by atoms with Crippen LogP contribution in [0, 0.1) is 20.2 Å². The monoisotopic (exact) mass is 326 g/mol. The van der Waals surface area contributed by atoms with Crippen LogP contribution >= 0.6 is 0 Å². The van der Waals surface area contributed by atoms with Crippen molar-refractivity contribution < 1.29 is 9.85 Å². The molecule has 0 unspecified atom stereocenters. The molecule has 0 spiro atoms. The Balaban J connectivity index is 1.86. The Bertz CT molecular complexity index is 735. The van der Waals surface area contributed by atoms with Crippen LogP contribution < -0.4 is 0 Å². The zero-order valence-electron chi connectivity index (χ0n) is 12.6. The Morgan fingerprint density at radius 1 is 0.792 bits per heavy atom. The quantitative estimate of drug-likeness (QED) is 0.337. The number of nitrogens with zero attached hydrogens (tertiary/aromatic N) is 4. The SMILES string of the molecule is O=[N+]([O-])c1cccc(C=NCCN=Cc2cccc([N+](=O)[O-])c2)c1. The maximum absolute atomic E-state index is 10.7. The fourth-order valence-corrected chi connectivity index (χ4v) is 1.89. The van der Waals surface area contributed by atoms with Gasteiger partial charge in [-0.15, -0.1) is 0 Å². The summed E-state index contributed by atoms with van der Waals surface area (Å²) in [4.78, 5) is 28.7. The number of benzene rings is 2. The van der Waals surface area contributed by atoms with Gasteiger partial charge in [0.1, 0.15) is 0 Å². The topological polar surface area (TPSA) is 111 Å². The third-order valence-electron chi connectivity index (χ3n) is 3.00. The fraction of sp³-hybridized carbons (Fsp3) is 0.125. The minimum absolute atomic E-state index is 0.0163. The highest BCUT2D eigenvalue weighted by atomic mass is 16.6. The van der Waals surface area contributed by atoms with Crippen LogP contribution in [0.5, 0.6) is 0 Å². The Labute approximate surface area is 137 Å². The third kappa shape index (κ3) is 5.09. The van der Waals surface area contributed by atoms with Crippen LogP contribution in [0.2, 0.25) is 0 Å². The first-order chi connectivity index (χ1) is 11.6. The Morgan fingerprint density at radius 2 is 1.21 bits per heavy atom. The summed E-state index contributed by atoms with van der Waals surface area (Å²) >= 11 is 0. The molecular formula is C16H14N4O4. The first kappa shape index (κ1) is 16.9. The van der Waals surface area contributed by atoms with Crippen LogP contribution in [0.25, 0.3) is 0 Å². The second-order valence-electron chi connectivity index (χ2n) is 4.77. The van der Waals surface area contributed by atoms with Crippen LogP contribution in [-0.4, -0.2) is 35.4 Å². The van der Waals surface area contributed by atoms with Crippen molar-refractivity contribution in [2.45, 2.75) is 0 Å². The number of nitro benzene ring substituents is 2. The van der Waals surface area contributed by atoms with Gasteiger partial charge in [-0.2, -0.15) is 0 Å². The molecule has 0 aliphatic carbocycles. The van der Waals surface area contributed by atoms with E-state index in [2.05, 4.69) is 9.98 Å². The smallest absolute Gasteiger partial charge is 0.270 e. The second kappa shape index (κ2) is 8.28. The molecule has 0 N–H and O–H groups in total. The summed E-state index contributed by atoms with van der Waals surface area (Å²) < 4.78 is 0. The van der Waals surface area contributed by atoms with Crippen molar-refractivity contribution in [2.24, 2.45) is 9.98 Å². The largest absolute Gasteiger partial charge is 0.291 e. The summed E-state index contributed by atoms with van der Waals surface area (Å²) in [5.41, 5.74) is 1.32. The van der Waals surface area contributed by atoms with E-state index in [1.165, 1.54) is 24.3 Å². The van der Waals surface area contributed by atoms with Crippen LogP contribution in [0.3, 0.4) is 0 Å². The molecule has 2 rings (SSSR count). The minimum atomic E-state index is -0.458. The van der Waals surface area contributed by atoms with E-state index in [4.69, 9.17) is 0 Å². The maximum Gasteiger partial charge on any atom is 0.270 e. The van der Waals surface area contributed by atoms with Crippen LogP contribution in [0.1, 0.15) is 11.1 Å². The summed E-state index contributed by atoms with van der Waals surface area (Å²) in [6.07, 6.45) is 3.10. The first-order valence-electron chi connectivity index (χ1n) is 7.05. The molecule has 0 fully saturated rings. The molecule has 0 saturated heterocycles. The van der Waals surface area contributed by atoms with Crippen molar-refractivity contribution >= 4 is 23.8 Å². The molecule has 0 aromatic heterocycles. The summed E-state index contributed by atoms with van der Waals surface area (Å²) in [7, 11) is 0. The molecule has 0 atom stereocenters. The predicted octanol–water partition coefficient (Wildman–Crippen LogP) is 3.04. The van der Waals surface area contributed by atoms with Gasteiger partial charge in [-0.25, -0.2) is 0 Å². The summed E-state index contributed by atoms with van der Waals surface area (Å²) in [5.74, 6) is 0. The van der Waals surface area contributed by atoms with Crippen molar-refractivity contribution in [2.75, 3.05) is 13.1 Å². The van der Waals surface area contributed by atoms with Gasteiger partial charge in [0.15, 0.2) is 0 Å². The fourth-order valence-electron chi connectivity index (χ4n) is 1.89. The molecule has 0 bridgehead atoms. The van der Waals surface area contributed by atoms with Crippen LogP contribution in [-0.2, 0) is 0 Å². The molecule has 2 aromatic carbocycles. The van der Waals surface area contributed by atoms with Gasteiger partial charge in [0.25, 0.3) is 11.4 Å². The van der Waals surface area contributed by atoms with Crippen LogP contribution in [0.15, 0.2) is 58.5 Å². The molecule has 0 saturated carbocycles. The van der Waals surface area contributed by atoms with Gasteiger partial charge in [0.2, 0.25) is 0 Å². The molecule has 0 aliphatic rings. The van der Waals surface area contributed by atoms with Crippen molar-refractivity contribution in [3.63, 3.8) is 0 Å². The molecule has 0 heterocycles. The lowest BCUT2D eigenvalue weighted by molar-refractivity contribution is -0.385. The molecule has 2 aromatic rings. The van der Waals surface area contributed by atoms with E-state index in [0.717, 1.165) is 0 Å². The van der Waals surface area contributed by atoms with Gasteiger partial charge < -0.3 is 0 Å². The summed E-state index contributed by atoms with van der Waals surface area (Å²) in [5, 5.41) is 21.3. The van der Waals surface area contributed by atoms with Gasteiger partial charge in [-0.3, -0.25) is 30.2 Å². The van der Waals surface area contributed by atoms with Gasteiger partial charge in [-0.1, -0.05) is 24.3 Å². The lowest BCUT2D eigenvalue weighted by Crippen LogP contribution is -1.93. The minimum Gasteiger partial charge on any atom is -0.291 e. The molecule has 0 amide bonds. The zero-order chi connectivity index (χ0) is 17.4. The molecule has 8 heteroatoms. The van der Waals surface area contributed by atoms with E-state index in [-0.39, 0.29) is 11.4 Å². The Hall–Kier alpha value is -3.42. The van der Waals surface area contributed by atoms with Crippen molar-refractivity contribution in [1.82, 2.24) is 0 Å². The summed E-state index contributed by atoms with van der Waals surface area (Å²) in [6.45, 7) is 0.822. The highest BCUT2D eigenvalue weighted by molar-refractivity contribution is 5.81. The lowest BCUT2D eigenvalue weighted by Gasteiger charge is -1.95. The molecule has 122 valence electrons. The number of nitro groups is 2. The number of hydrogen-bond donors (Lipinski definition) is 0. The highest BCUT2D eigenvalue weighted by Gasteiger charge is 2.04. The molecule has 8 nitrogen and oxygen atoms in total. The Morgan fingerprint density at radius 3 is 1.58 bits per heavy atom. The van der Waals surface area contributed by atoms with E-state index in [1.807, 2.05) is 0 Å². The molecule has 0 aliphatic heterocycles. The zero-order valence-corrected chi connectivity index (χ0v) is 12.6. The number of aliphatic imine (C=N–C) groups is 2. The van der Waals surface area contributed by atoms with Crippen molar-refractivity contribution in [3.8, 4) is 0 Å². The van der Waals surface area contributed by atoms with E-state index in [9.17, 15) is 20.2 Å². The van der Waals surface area contributed by atoms with E-state index in [1.54, 1.807) is 36.7 Å². The first-order valence-corrected chi connectivity index (χ1v) is 7.05. The maximum atomic E-state index is 10.7. The molecular weight excluding hydrogens is 312 g/mol. The van der Waals surface area contributed by atoms with Gasteiger partial charge >= 0.3 is 0 Å². The lowest BCUT2D eigenvalue weighted by atomic mass is 10.2. The Kier molecular flexibility index (Phi) is 5.84. The van der Waals surface area contributed by atoms with E-state index in [0.29, 0.717) is 24.2 Å². The molecule has 24 heavy (non-hydrogen) atoms. The van der Waals surface area contributed by atoms with Crippen molar-refractivity contribution in [3.05, 3.63) is 79.9 Å². The second-order valence-corrected chi connectivity index (χ2v) is 4.77. The van der Waals surface area contributed by atoms with E-state index < -0.39 is 9.85 Å². The molecule has 0 radical (unpaired) electrons. The average molecular weight is 326 g/mol. The van der Waals surface area contributed by atoms with Gasteiger partial charge in [0, 0.05) is 36.7 Å². The number of hydrogen-bond acceptors (Lipinski definition) is 6. The van der Waals surface area contributed by atoms with Crippen LogP contribution in [0.4, 0.5) is 11.4 Å². The standard InChI is InChI=1S/C16H14N4O4/c21-19(22)15-5-1-3-13(9-15)11-17-7-8-18-12-14-4-2-6-16(10-14)20(23)24/h1-6,9-12H,7-8H2. The number of rotatable bonds is 7. The van der Waals surface area contributed by atoms with E-state index >= 15 is 0 Å². The van der Waals surface area contributed by atoms with Gasteiger partial charge in [0.05, 0.1) is 22.9 Å². The van der Waals surface area contributed by atoms with Crippen molar-refractivity contribution in [1.29, 1.82) is 0 Å². The average Bonchev–Trinajstić information content (AvgIpc) is 2.58. The highest BCUT2D eigenvalue weighted by Crippen LogP contribution is 2.12. The third-order valence-corrected chi connectivity index (χ3v) is 3.00. The summed E-state index contributed by atoms with van der Waals surface area (Å²) in [6, 6.07) is 12.4. The number of non-ortho nitro benzene ring substituents is 2. The van der Waals surface area contributed by atoms with Gasteiger partial charge in [-0.05, 0) is 11.1 Å². The normalized spacial score (nSPS) is 11.2.